The second-order valence-electron chi connectivity index (χ2n) is 7.22. The molecular formula is C20H15ClF3N3O5. The number of nitrogens with one attached hydrogen (secondary N) is 2. The zero-order valence-corrected chi connectivity index (χ0v) is 17.1. The molecule has 4 amide bonds. The molecule has 0 aromatic heterocycles. The summed E-state index contributed by atoms with van der Waals surface area (Å²) < 4.78 is 50.2. The van der Waals surface area contributed by atoms with Crippen molar-refractivity contribution in [2.24, 2.45) is 0 Å². The SMILES string of the molecule is C[C@]1(c2ccc3c(c2)OCO3)NC(=O)N(CC(=O)Nc2c(Cl)cccc2C(F)(F)F)C1=O. The van der Waals surface area contributed by atoms with Gasteiger partial charge < -0.3 is 20.1 Å². The molecule has 0 saturated carbocycles. The first-order valence-corrected chi connectivity index (χ1v) is 9.58. The smallest absolute Gasteiger partial charge is 0.418 e. The number of ether oxygens (including phenoxy) is 2. The number of hydrogen-bond donors (Lipinski definition) is 2. The van der Waals surface area contributed by atoms with Gasteiger partial charge in [-0.1, -0.05) is 23.7 Å². The maximum absolute atomic E-state index is 13.2. The monoisotopic (exact) mass is 469 g/mol. The van der Waals surface area contributed by atoms with Crippen LogP contribution >= 0.6 is 11.6 Å². The zero-order valence-electron chi connectivity index (χ0n) is 16.4. The van der Waals surface area contributed by atoms with Crippen molar-refractivity contribution in [3.8, 4) is 11.5 Å². The number of hydrogen-bond acceptors (Lipinski definition) is 5. The quantitative estimate of drug-likeness (QED) is 0.668. The molecular weight excluding hydrogens is 455 g/mol. The molecule has 1 fully saturated rings. The van der Waals surface area contributed by atoms with Gasteiger partial charge in [0.1, 0.15) is 12.1 Å². The minimum Gasteiger partial charge on any atom is -0.454 e. The highest BCUT2D eigenvalue weighted by atomic mass is 35.5. The van der Waals surface area contributed by atoms with Crippen molar-refractivity contribution >= 4 is 35.1 Å². The van der Waals surface area contributed by atoms with Gasteiger partial charge in [0.25, 0.3) is 5.91 Å². The molecule has 12 heteroatoms. The van der Waals surface area contributed by atoms with Crippen LogP contribution in [0.3, 0.4) is 0 Å². The first kappa shape index (κ1) is 21.8. The van der Waals surface area contributed by atoms with E-state index < -0.39 is 47.4 Å². The number of benzene rings is 2. The Bertz CT molecular complexity index is 1140. The third kappa shape index (κ3) is 3.68. The average molecular weight is 470 g/mol. The van der Waals surface area contributed by atoms with Crippen LogP contribution in [0.1, 0.15) is 18.1 Å². The summed E-state index contributed by atoms with van der Waals surface area (Å²) in [7, 11) is 0. The van der Waals surface area contributed by atoms with Crippen molar-refractivity contribution in [2.45, 2.75) is 18.6 Å². The van der Waals surface area contributed by atoms with E-state index in [1.165, 1.54) is 19.1 Å². The number of anilines is 1. The van der Waals surface area contributed by atoms with E-state index in [9.17, 15) is 27.6 Å². The van der Waals surface area contributed by atoms with E-state index in [1.807, 2.05) is 0 Å². The van der Waals surface area contributed by atoms with Gasteiger partial charge in [0.05, 0.1) is 16.3 Å². The average Bonchev–Trinajstić information content (AvgIpc) is 3.27. The van der Waals surface area contributed by atoms with Crippen molar-refractivity contribution in [1.82, 2.24) is 10.2 Å². The molecule has 1 atom stereocenters. The molecule has 32 heavy (non-hydrogen) atoms. The Morgan fingerprint density at radius 2 is 1.94 bits per heavy atom. The van der Waals surface area contributed by atoms with Gasteiger partial charge in [-0.25, -0.2) is 4.79 Å². The summed E-state index contributed by atoms with van der Waals surface area (Å²) in [5.41, 5.74) is -2.94. The van der Waals surface area contributed by atoms with Gasteiger partial charge in [-0.15, -0.1) is 0 Å². The minimum atomic E-state index is -4.77. The van der Waals surface area contributed by atoms with E-state index in [1.54, 1.807) is 12.1 Å². The van der Waals surface area contributed by atoms with E-state index in [0.717, 1.165) is 12.1 Å². The third-order valence-corrected chi connectivity index (χ3v) is 5.43. The molecule has 0 spiro atoms. The molecule has 0 unspecified atom stereocenters. The maximum atomic E-state index is 13.2. The number of halogens is 4. The number of amides is 4. The Morgan fingerprint density at radius 1 is 1.22 bits per heavy atom. The fraction of sp³-hybridized carbons (Fsp3) is 0.250. The van der Waals surface area contributed by atoms with Crippen LogP contribution in [-0.4, -0.2) is 36.1 Å². The van der Waals surface area contributed by atoms with Gasteiger partial charge in [0.15, 0.2) is 11.5 Å². The van der Waals surface area contributed by atoms with Crippen LogP contribution in [0.2, 0.25) is 5.02 Å². The van der Waals surface area contributed by atoms with Gasteiger partial charge in [0.2, 0.25) is 12.7 Å². The Balaban J connectivity index is 1.54. The molecule has 2 N–H and O–H groups in total. The summed E-state index contributed by atoms with van der Waals surface area (Å²) in [6, 6.07) is 6.82. The summed E-state index contributed by atoms with van der Waals surface area (Å²) >= 11 is 5.83. The highest BCUT2D eigenvalue weighted by Gasteiger charge is 2.50. The maximum Gasteiger partial charge on any atom is 0.418 e. The predicted octanol–water partition coefficient (Wildman–Crippen LogP) is 3.49. The Hall–Kier alpha value is -3.47. The second-order valence-corrected chi connectivity index (χ2v) is 7.63. The number of carbonyl (C=O) groups is 3. The highest BCUT2D eigenvalue weighted by Crippen LogP contribution is 2.39. The van der Waals surface area contributed by atoms with E-state index in [-0.39, 0.29) is 11.8 Å². The topological polar surface area (TPSA) is 97.0 Å². The second kappa shape index (κ2) is 7.59. The number of fused-ring (bicyclic) bond motifs is 1. The van der Waals surface area contributed by atoms with Gasteiger partial charge in [-0.2, -0.15) is 13.2 Å². The van der Waals surface area contributed by atoms with Crippen molar-refractivity contribution in [1.29, 1.82) is 0 Å². The van der Waals surface area contributed by atoms with Gasteiger partial charge >= 0.3 is 12.2 Å². The molecule has 0 aliphatic carbocycles. The van der Waals surface area contributed by atoms with Crippen LogP contribution in [0.15, 0.2) is 36.4 Å². The van der Waals surface area contributed by atoms with Gasteiger partial charge in [-0.05, 0) is 36.8 Å². The molecule has 2 aromatic rings. The first-order valence-electron chi connectivity index (χ1n) is 9.20. The molecule has 168 valence electrons. The third-order valence-electron chi connectivity index (χ3n) is 5.11. The zero-order chi connectivity index (χ0) is 23.3. The number of rotatable bonds is 4. The number of para-hydroxylation sites is 1. The fourth-order valence-electron chi connectivity index (χ4n) is 3.45. The molecule has 4 rings (SSSR count). The lowest BCUT2D eigenvalue weighted by Gasteiger charge is -2.22. The molecule has 1 saturated heterocycles. The lowest BCUT2D eigenvalue weighted by Crippen LogP contribution is -2.42. The fourth-order valence-corrected chi connectivity index (χ4v) is 3.68. The summed E-state index contributed by atoms with van der Waals surface area (Å²) in [6.45, 7) is 0.649. The largest absolute Gasteiger partial charge is 0.454 e. The number of nitrogens with zero attached hydrogens (tertiary/aromatic N) is 1. The van der Waals surface area contributed by atoms with E-state index in [4.69, 9.17) is 21.1 Å². The van der Waals surface area contributed by atoms with Crippen LogP contribution in [0.4, 0.5) is 23.7 Å². The number of imide groups is 1. The molecule has 2 aromatic carbocycles. The summed E-state index contributed by atoms with van der Waals surface area (Å²) in [5.74, 6) is -0.917. The minimum absolute atomic E-state index is 0.0179. The van der Waals surface area contributed by atoms with Crippen molar-refractivity contribution < 1.29 is 37.0 Å². The molecule has 0 radical (unpaired) electrons. The van der Waals surface area contributed by atoms with Gasteiger partial charge in [-0.3, -0.25) is 14.5 Å². The van der Waals surface area contributed by atoms with Gasteiger partial charge in [0, 0.05) is 0 Å². The van der Waals surface area contributed by atoms with E-state index >= 15 is 0 Å². The molecule has 2 aliphatic rings. The molecule has 2 aliphatic heterocycles. The normalized spacial score (nSPS) is 19.8. The highest BCUT2D eigenvalue weighted by molar-refractivity contribution is 6.34. The van der Waals surface area contributed by atoms with Crippen LogP contribution in [0.5, 0.6) is 11.5 Å². The lowest BCUT2D eigenvalue weighted by atomic mass is 9.91. The molecule has 8 nitrogen and oxygen atoms in total. The Labute approximate surface area is 184 Å². The van der Waals surface area contributed by atoms with Crippen LogP contribution in [0, 0.1) is 0 Å². The standard InChI is InChI=1S/C20H15ClF3N3O5/c1-19(10-5-6-13-14(7-10)32-9-31-13)17(29)27(18(30)26-19)8-15(28)25-16-11(20(22,23)24)3-2-4-12(16)21/h2-7H,8-9H2,1H3,(H,25,28)(H,26,30)/t19-/m1/s1. The number of alkyl halides is 3. The Kier molecular flexibility index (Phi) is 5.16. The predicted molar refractivity (Wildman–Crippen MR) is 105 cm³/mol. The van der Waals surface area contributed by atoms with E-state index in [0.29, 0.717) is 22.0 Å². The van der Waals surface area contributed by atoms with Crippen molar-refractivity contribution in [3.63, 3.8) is 0 Å². The van der Waals surface area contributed by atoms with E-state index in [2.05, 4.69) is 10.6 Å². The van der Waals surface area contributed by atoms with Crippen LogP contribution in [-0.2, 0) is 21.3 Å². The Morgan fingerprint density at radius 3 is 2.66 bits per heavy atom. The summed E-state index contributed by atoms with van der Waals surface area (Å²) in [5, 5.41) is 4.22. The van der Waals surface area contributed by atoms with Crippen LogP contribution < -0.4 is 20.1 Å². The lowest BCUT2D eigenvalue weighted by molar-refractivity contribution is -0.137. The summed E-state index contributed by atoms with van der Waals surface area (Å²) in [4.78, 5) is 38.5. The number of carbonyl (C=O) groups excluding carboxylic acids is 3. The number of urea groups is 1. The van der Waals surface area contributed by atoms with Crippen molar-refractivity contribution in [2.75, 3.05) is 18.7 Å². The molecule has 2 heterocycles. The first-order chi connectivity index (χ1) is 15.0. The van der Waals surface area contributed by atoms with Crippen LogP contribution in [0.25, 0.3) is 0 Å². The molecule has 0 bridgehead atoms. The van der Waals surface area contributed by atoms with Crippen molar-refractivity contribution in [3.05, 3.63) is 52.5 Å². The summed E-state index contributed by atoms with van der Waals surface area (Å²) in [6.07, 6.45) is -4.77.